The third-order valence-electron chi connectivity index (χ3n) is 2.75. The number of esters is 1. The first-order chi connectivity index (χ1) is 9.36. The molecule has 1 atom stereocenters. The lowest BCUT2D eigenvalue weighted by molar-refractivity contribution is -0.146. The van der Waals surface area contributed by atoms with E-state index < -0.39 is 5.54 Å². The van der Waals surface area contributed by atoms with Gasteiger partial charge in [0.2, 0.25) is 5.13 Å². The van der Waals surface area contributed by atoms with Crippen molar-refractivity contribution >= 4 is 34.2 Å². The standard InChI is InChI=1S/C12H22N4O2S2/c1-12(13,9(17)18-4)7-5-6-8-19-11-15-14-10(20-11)16(2)3/h5-8,13H2,1-4H3. The molecule has 0 aromatic carbocycles. The van der Waals surface area contributed by atoms with Crippen molar-refractivity contribution in [3.8, 4) is 0 Å². The van der Waals surface area contributed by atoms with Crippen LogP contribution >= 0.6 is 23.1 Å². The van der Waals surface area contributed by atoms with Gasteiger partial charge in [-0.15, -0.1) is 10.2 Å². The first-order valence-corrected chi connectivity index (χ1v) is 8.18. The second-order valence-corrected chi connectivity index (χ2v) is 7.26. The predicted octanol–water partition coefficient (Wildman–Crippen LogP) is 1.76. The fourth-order valence-electron chi connectivity index (χ4n) is 1.53. The van der Waals surface area contributed by atoms with Gasteiger partial charge in [-0.25, -0.2) is 0 Å². The van der Waals surface area contributed by atoms with Crippen LogP contribution in [0.4, 0.5) is 5.13 Å². The van der Waals surface area contributed by atoms with Gasteiger partial charge in [0.1, 0.15) is 5.54 Å². The van der Waals surface area contributed by atoms with E-state index >= 15 is 0 Å². The summed E-state index contributed by atoms with van der Waals surface area (Å²) in [6.07, 6.45) is 2.49. The highest BCUT2D eigenvalue weighted by Crippen LogP contribution is 2.27. The van der Waals surface area contributed by atoms with Crippen molar-refractivity contribution in [2.45, 2.75) is 36.1 Å². The third-order valence-corrected chi connectivity index (χ3v) is 5.06. The summed E-state index contributed by atoms with van der Waals surface area (Å²) in [6.45, 7) is 1.71. The van der Waals surface area contributed by atoms with E-state index in [-0.39, 0.29) is 5.97 Å². The van der Waals surface area contributed by atoms with Gasteiger partial charge in [0.05, 0.1) is 7.11 Å². The zero-order valence-corrected chi connectivity index (χ0v) is 14.0. The molecular weight excluding hydrogens is 296 g/mol. The largest absolute Gasteiger partial charge is 0.468 e. The minimum atomic E-state index is -0.889. The van der Waals surface area contributed by atoms with Crippen LogP contribution in [0, 0.1) is 0 Å². The smallest absolute Gasteiger partial charge is 0.325 e. The van der Waals surface area contributed by atoms with E-state index in [0.717, 1.165) is 28.1 Å². The maximum absolute atomic E-state index is 11.4. The van der Waals surface area contributed by atoms with Crippen molar-refractivity contribution in [2.75, 3.05) is 31.9 Å². The number of unbranched alkanes of at least 4 members (excludes halogenated alkanes) is 1. The number of anilines is 1. The van der Waals surface area contributed by atoms with Gasteiger partial charge < -0.3 is 15.4 Å². The van der Waals surface area contributed by atoms with Gasteiger partial charge in [0.15, 0.2) is 4.34 Å². The number of aromatic nitrogens is 2. The van der Waals surface area contributed by atoms with Crippen molar-refractivity contribution < 1.29 is 9.53 Å². The molecule has 0 spiro atoms. The lowest BCUT2D eigenvalue weighted by atomic mass is 9.97. The second-order valence-electron chi connectivity index (χ2n) is 4.96. The van der Waals surface area contributed by atoms with Gasteiger partial charge in [-0.1, -0.05) is 29.5 Å². The van der Waals surface area contributed by atoms with Crippen molar-refractivity contribution in [1.82, 2.24) is 10.2 Å². The maximum atomic E-state index is 11.4. The van der Waals surface area contributed by atoms with Gasteiger partial charge in [0.25, 0.3) is 0 Å². The molecule has 8 heteroatoms. The zero-order chi connectivity index (χ0) is 15.2. The average Bonchev–Trinajstić information content (AvgIpc) is 2.86. The van der Waals surface area contributed by atoms with Crippen molar-refractivity contribution in [3.63, 3.8) is 0 Å². The number of thioether (sulfide) groups is 1. The number of hydrogen-bond donors (Lipinski definition) is 1. The normalized spacial score (nSPS) is 13.8. The summed E-state index contributed by atoms with van der Waals surface area (Å²) in [5.41, 5.74) is 5.00. The molecule has 0 aliphatic heterocycles. The molecule has 0 fully saturated rings. The molecule has 1 aromatic heterocycles. The summed E-state index contributed by atoms with van der Waals surface area (Å²) < 4.78 is 5.65. The number of carbonyl (C=O) groups is 1. The number of carbonyl (C=O) groups excluding carboxylic acids is 1. The lowest BCUT2D eigenvalue weighted by Gasteiger charge is -2.20. The Balaban J connectivity index is 2.23. The minimum absolute atomic E-state index is 0.357. The van der Waals surface area contributed by atoms with Crippen LogP contribution in [-0.2, 0) is 9.53 Å². The molecule has 0 saturated carbocycles. The molecular formula is C12H22N4O2S2. The quantitative estimate of drug-likeness (QED) is 0.444. The molecule has 0 saturated heterocycles. The Kier molecular flexibility index (Phi) is 6.70. The summed E-state index contributed by atoms with van der Waals surface area (Å²) in [4.78, 5) is 13.4. The summed E-state index contributed by atoms with van der Waals surface area (Å²) in [7, 11) is 5.26. The predicted molar refractivity (Wildman–Crippen MR) is 83.4 cm³/mol. The fourth-order valence-corrected chi connectivity index (χ4v) is 3.36. The van der Waals surface area contributed by atoms with Crippen molar-refractivity contribution in [1.29, 1.82) is 0 Å². The Morgan fingerprint density at radius 1 is 1.45 bits per heavy atom. The molecule has 1 heterocycles. The molecule has 0 bridgehead atoms. The van der Waals surface area contributed by atoms with E-state index in [1.807, 2.05) is 19.0 Å². The number of nitrogens with two attached hydrogens (primary N) is 1. The summed E-state index contributed by atoms with van der Waals surface area (Å²) in [6, 6.07) is 0. The van der Waals surface area contributed by atoms with Gasteiger partial charge in [-0.05, 0) is 19.8 Å². The van der Waals surface area contributed by atoms with Crippen LogP contribution in [0.25, 0.3) is 0 Å². The molecule has 0 radical (unpaired) electrons. The average molecular weight is 318 g/mol. The highest BCUT2D eigenvalue weighted by molar-refractivity contribution is 8.01. The lowest BCUT2D eigenvalue weighted by Crippen LogP contribution is -2.45. The van der Waals surface area contributed by atoms with Gasteiger partial charge in [-0.2, -0.15) is 0 Å². The third kappa shape index (κ3) is 5.26. The Morgan fingerprint density at radius 2 is 2.15 bits per heavy atom. The molecule has 2 N–H and O–H groups in total. The Labute approximate surface area is 128 Å². The summed E-state index contributed by atoms with van der Waals surface area (Å²) in [5, 5.41) is 9.11. The first kappa shape index (κ1) is 17.2. The number of methoxy groups -OCH3 is 1. The maximum Gasteiger partial charge on any atom is 0.325 e. The van der Waals surface area contributed by atoms with E-state index in [1.165, 1.54) is 7.11 Å². The van der Waals surface area contributed by atoms with Crippen LogP contribution < -0.4 is 10.6 Å². The van der Waals surface area contributed by atoms with Gasteiger partial charge in [-0.3, -0.25) is 4.79 Å². The van der Waals surface area contributed by atoms with Crippen molar-refractivity contribution in [3.05, 3.63) is 0 Å². The molecule has 0 amide bonds. The van der Waals surface area contributed by atoms with Crippen LogP contribution in [0.3, 0.4) is 0 Å². The number of ether oxygens (including phenoxy) is 1. The molecule has 0 aliphatic rings. The van der Waals surface area contributed by atoms with E-state index in [1.54, 1.807) is 30.0 Å². The highest BCUT2D eigenvalue weighted by Gasteiger charge is 2.28. The SMILES string of the molecule is COC(=O)C(C)(N)CCCCSc1nnc(N(C)C)s1. The molecule has 114 valence electrons. The number of hydrogen-bond acceptors (Lipinski definition) is 8. The topological polar surface area (TPSA) is 81.3 Å². The van der Waals surface area contributed by atoms with E-state index in [0.29, 0.717) is 6.42 Å². The highest BCUT2D eigenvalue weighted by atomic mass is 32.2. The zero-order valence-electron chi connectivity index (χ0n) is 12.4. The van der Waals surface area contributed by atoms with E-state index in [9.17, 15) is 4.79 Å². The Morgan fingerprint density at radius 3 is 2.70 bits per heavy atom. The summed E-state index contributed by atoms with van der Waals surface area (Å²) in [5.74, 6) is 0.587. The molecule has 1 unspecified atom stereocenters. The molecule has 6 nitrogen and oxygen atoms in total. The van der Waals surface area contributed by atoms with E-state index in [2.05, 4.69) is 14.9 Å². The Bertz CT molecular complexity index is 435. The van der Waals surface area contributed by atoms with Gasteiger partial charge >= 0.3 is 5.97 Å². The van der Waals surface area contributed by atoms with Crippen LogP contribution in [0.5, 0.6) is 0 Å². The van der Waals surface area contributed by atoms with Crippen LogP contribution in [0.2, 0.25) is 0 Å². The fraction of sp³-hybridized carbons (Fsp3) is 0.750. The first-order valence-electron chi connectivity index (χ1n) is 6.38. The minimum Gasteiger partial charge on any atom is -0.468 e. The molecule has 1 aromatic rings. The van der Waals surface area contributed by atoms with Crippen LogP contribution in [0.1, 0.15) is 26.2 Å². The van der Waals surface area contributed by atoms with Crippen molar-refractivity contribution in [2.24, 2.45) is 5.73 Å². The molecule has 0 aliphatic carbocycles. The molecule has 20 heavy (non-hydrogen) atoms. The van der Waals surface area contributed by atoms with E-state index in [4.69, 9.17) is 5.73 Å². The van der Waals surface area contributed by atoms with Crippen LogP contribution in [-0.4, -0.2) is 48.7 Å². The van der Waals surface area contributed by atoms with Crippen LogP contribution in [0.15, 0.2) is 4.34 Å². The monoisotopic (exact) mass is 318 g/mol. The molecule has 1 rings (SSSR count). The summed E-state index contributed by atoms with van der Waals surface area (Å²) >= 11 is 3.27. The number of nitrogens with zero attached hydrogens (tertiary/aromatic N) is 3. The Hall–Kier alpha value is -0.860. The van der Waals surface area contributed by atoms with Gasteiger partial charge in [0, 0.05) is 19.8 Å². The second kappa shape index (κ2) is 7.80. The number of rotatable bonds is 8.